The van der Waals surface area contributed by atoms with Crippen molar-refractivity contribution < 1.29 is 19.5 Å². The van der Waals surface area contributed by atoms with E-state index in [0.29, 0.717) is 21.4 Å². The number of aliphatic carboxylic acids is 1. The van der Waals surface area contributed by atoms with Crippen molar-refractivity contribution in [1.82, 2.24) is 0 Å². The lowest BCUT2D eigenvalue weighted by molar-refractivity contribution is -0.131. The van der Waals surface area contributed by atoms with Crippen molar-refractivity contribution in [2.75, 3.05) is 16.4 Å². The lowest BCUT2D eigenvalue weighted by Crippen LogP contribution is -2.14. The number of hydrogen-bond acceptors (Lipinski definition) is 4. The first-order valence-electron chi connectivity index (χ1n) is 7.52. The molecule has 0 fully saturated rings. The number of amides is 2. The van der Waals surface area contributed by atoms with Crippen LogP contribution in [0.4, 0.5) is 11.4 Å². The molecule has 0 unspecified atom stereocenters. The van der Waals surface area contributed by atoms with E-state index in [2.05, 4.69) is 10.6 Å². The van der Waals surface area contributed by atoms with E-state index >= 15 is 0 Å². The van der Waals surface area contributed by atoms with Crippen molar-refractivity contribution in [3.05, 3.63) is 64.7 Å². The molecule has 0 aliphatic heterocycles. The summed E-state index contributed by atoms with van der Waals surface area (Å²) in [5.74, 6) is -1.87. The molecule has 6 nitrogen and oxygen atoms in total. The van der Waals surface area contributed by atoms with Crippen LogP contribution in [0.1, 0.15) is 0 Å². The fourth-order valence-corrected chi connectivity index (χ4v) is 3.25. The van der Waals surface area contributed by atoms with E-state index < -0.39 is 11.9 Å². The molecule has 2 aromatic carbocycles. The summed E-state index contributed by atoms with van der Waals surface area (Å²) in [5, 5.41) is 14.6. The van der Waals surface area contributed by atoms with Gasteiger partial charge in [0.1, 0.15) is 0 Å². The van der Waals surface area contributed by atoms with Crippen molar-refractivity contribution in [2.45, 2.75) is 4.90 Å². The number of carboxylic acid groups (broad SMARTS) is 1. The molecule has 0 saturated heterocycles. The Morgan fingerprint density at radius 1 is 0.963 bits per heavy atom. The molecule has 0 aromatic heterocycles. The molecule has 0 aliphatic rings. The fraction of sp³-hybridized carbons (Fsp3) is 0.0556. The van der Waals surface area contributed by atoms with Crippen molar-refractivity contribution in [3.8, 4) is 0 Å². The number of hydrogen-bond donors (Lipinski definition) is 3. The largest absolute Gasteiger partial charge is 0.478 e. The van der Waals surface area contributed by atoms with Gasteiger partial charge in [-0.15, -0.1) is 11.8 Å². The number of thioether (sulfide) groups is 1. The number of benzene rings is 2. The van der Waals surface area contributed by atoms with Crippen LogP contribution in [0.3, 0.4) is 0 Å². The summed E-state index contributed by atoms with van der Waals surface area (Å²) in [7, 11) is 0. The number of carbonyl (C=O) groups excluding carboxylic acids is 2. The zero-order valence-electron chi connectivity index (χ0n) is 13.7. The van der Waals surface area contributed by atoms with Crippen molar-refractivity contribution in [1.29, 1.82) is 0 Å². The monoisotopic (exact) mass is 424 g/mol. The van der Waals surface area contributed by atoms with Crippen molar-refractivity contribution >= 4 is 64.1 Å². The Morgan fingerprint density at radius 2 is 1.67 bits per heavy atom. The van der Waals surface area contributed by atoms with E-state index in [0.717, 1.165) is 17.0 Å². The van der Waals surface area contributed by atoms with Gasteiger partial charge in [0.2, 0.25) is 11.8 Å². The highest BCUT2D eigenvalue weighted by molar-refractivity contribution is 8.00. The van der Waals surface area contributed by atoms with Crippen LogP contribution in [-0.4, -0.2) is 28.6 Å². The molecule has 0 aliphatic carbocycles. The van der Waals surface area contributed by atoms with E-state index in [-0.39, 0.29) is 11.7 Å². The summed E-state index contributed by atoms with van der Waals surface area (Å²) in [6.45, 7) is 0. The Balaban J connectivity index is 1.91. The van der Waals surface area contributed by atoms with Gasteiger partial charge in [-0.2, -0.15) is 0 Å². The second-order valence-corrected chi connectivity index (χ2v) is 7.11. The van der Waals surface area contributed by atoms with Crippen LogP contribution in [0.5, 0.6) is 0 Å². The first kappa shape index (κ1) is 20.8. The molecular formula is C18H14Cl2N2O4S. The van der Waals surface area contributed by atoms with Gasteiger partial charge in [0, 0.05) is 38.5 Å². The van der Waals surface area contributed by atoms with Crippen LogP contribution < -0.4 is 10.6 Å². The Bertz CT molecular complexity index is 882. The third-order valence-electron chi connectivity index (χ3n) is 3.00. The Kier molecular flexibility index (Phi) is 7.72. The number of nitrogens with one attached hydrogen (secondary N) is 2. The standard InChI is InChI=1S/C18H14Cl2N2O4S/c19-11-6-12(20)8-14(7-11)22-17(24)10-27-15-3-1-2-13(9-15)21-16(23)4-5-18(25)26/h1-9H,10H2,(H,21,23)(H,22,24)(H,25,26)/b5-4+. The summed E-state index contributed by atoms with van der Waals surface area (Å²) in [5.41, 5.74) is 0.992. The van der Waals surface area contributed by atoms with E-state index in [1.165, 1.54) is 11.8 Å². The van der Waals surface area contributed by atoms with Gasteiger partial charge in [0.05, 0.1) is 5.75 Å². The van der Waals surface area contributed by atoms with Gasteiger partial charge in [-0.25, -0.2) is 4.79 Å². The number of carbonyl (C=O) groups is 3. The summed E-state index contributed by atoms with van der Waals surface area (Å²) >= 11 is 13.1. The van der Waals surface area contributed by atoms with Crippen molar-refractivity contribution in [2.24, 2.45) is 0 Å². The van der Waals surface area contributed by atoms with Gasteiger partial charge >= 0.3 is 5.97 Å². The summed E-state index contributed by atoms with van der Waals surface area (Å²) in [6.07, 6.45) is 1.67. The van der Waals surface area contributed by atoms with Gasteiger partial charge in [-0.1, -0.05) is 29.3 Å². The molecule has 2 amide bonds. The summed E-state index contributed by atoms with van der Waals surface area (Å²) in [6, 6.07) is 11.6. The topological polar surface area (TPSA) is 95.5 Å². The van der Waals surface area contributed by atoms with Gasteiger partial charge in [0.25, 0.3) is 0 Å². The van der Waals surface area contributed by atoms with Crippen LogP contribution in [0.2, 0.25) is 10.0 Å². The van der Waals surface area contributed by atoms with Crippen LogP contribution in [0, 0.1) is 0 Å². The Morgan fingerprint density at radius 3 is 2.33 bits per heavy atom. The SMILES string of the molecule is O=C(O)/C=C/C(=O)Nc1cccc(SCC(=O)Nc2cc(Cl)cc(Cl)c2)c1. The number of halogens is 2. The maximum atomic E-state index is 12.1. The summed E-state index contributed by atoms with van der Waals surface area (Å²) < 4.78 is 0. The van der Waals surface area contributed by atoms with E-state index in [9.17, 15) is 14.4 Å². The molecule has 27 heavy (non-hydrogen) atoms. The number of anilines is 2. The molecule has 140 valence electrons. The second kappa shape index (κ2) is 10.0. The van der Waals surface area contributed by atoms with Crippen LogP contribution >= 0.6 is 35.0 Å². The molecule has 0 saturated carbocycles. The van der Waals surface area contributed by atoms with Gasteiger partial charge < -0.3 is 15.7 Å². The van der Waals surface area contributed by atoms with Gasteiger partial charge in [-0.3, -0.25) is 9.59 Å². The predicted molar refractivity (Wildman–Crippen MR) is 108 cm³/mol. The Labute approximate surface area is 169 Å². The first-order chi connectivity index (χ1) is 12.8. The van der Waals surface area contributed by atoms with Crippen LogP contribution in [0.25, 0.3) is 0 Å². The molecule has 0 bridgehead atoms. The molecule has 0 spiro atoms. The van der Waals surface area contributed by atoms with E-state index in [1.807, 2.05) is 0 Å². The minimum absolute atomic E-state index is 0.139. The Hall–Kier alpha value is -2.48. The molecule has 0 heterocycles. The van der Waals surface area contributed by atoms with Gasteiger partial charge in [0.15, 0.2) is 0 Å². The first-order valence-corrected chi connectivity index (χ1v) is 9.27. The molecule has 9 heteroatoms. The highest BCUT2D eigenvalue weighted by Crippen LogP contribution is 2.24. The average Bonchev–Trinajstić information content (AvgIpc) is 2.57. The third-order valence-corrected chi connectivity index (χ3v) is 4.43. The quantitative estimate of drug-likeness (QED) is 0.454. The van der Waals surface area contributed by atoms with E-state index in [1.54, 1.807) is 42.5 Å². The lowest BCUT2D eigenvalue weighted by Gasteiger charge is -2.08. The zero-order valence-corrected chi connectivity index (χ0v) is 16.1. The highest BCUT2D eigenvalue weighted by atomic mass is 35.5. The number of carboxylic acids is 1. The molecule has 3 N–H and O–H groups in total. The fourth-order valence-electron chi connectivity index (χ4n) is 1.97. The smallest absolute Gasteiger partial charge is 0.328 e. The molecule has 0 atom stereocenters. The van der Waals surface area contributed by atoms with Crippen molar-refractivity contribution in [3.63, 3.8) is 0 Å². The van der Waals surface area contributed by atoms with Gasteiger partial charge in [-0.05, 0) is 36.4 Å². The second-order valence-electron chi connectivity index (χ2n) is 5.18. The molecular weight excluding hydrogens is 411 g/mol. The molecule has 2 aromatic rings. The summed E-state index contributed by atoms with van der Waals surface area (Å²) in [4.78, 5) is 34.8. The maximum Gasteiger partial charge on any atom is 0.328 e. The maximum absolute atomic E-state index is 12.1. The molecule has 0 radical (unpaired) electrons. The van der Waals surface area contributed by atoms with Crippen LogP contribution in [-0.2, 0) is 14.4 Å². The minimum atomic E-state index is -1.21. The lowest BCUT2D eigenvalue weighted by atomic mass is 10.3. The van der Waals surface area contributed by atoms with E-state index in [4.69, 9.17) is 28.3 Å². The normalized spacial score (nSPS) is 10.6. The average molecular weight is 425 g/mol. The predicted octanol–water partition coefficient (Wildman–Crippen LogP) is 4.30. The van der Waals surface area contributed by atoms with Crippen LogP contribution in [0.15, 0.2) is 59.5 Å². The highest BCUT2D eigenvalue weighted by Gasteiger charge is 2.07. The molecule has 2 rings (SSSR count). The number of rotatable bonds is 7. The third kappa shape index (κ3) is 7.74. The minimum Gasteiger partial charge on any atom is -0.478 e. The zero-order chi connectivity index (χ0) is 19.8.